The maximum absolute atomic E-state index is 13.0. The van der Waals surface area contributed by atoms with E-state index in [0.717, 1.165) is 6.07 Å². The van der Waals surface area contributed by atoms with Crippen molar-refractivity contribution in [3.05, 3.63) is 71.0 Å². The number of nitrogens with one attached hydrogen (secondary N) is 2. The van der Waals surface area contributed by atoms with Gasteiger partial charge in [-0.3, -0.25) is 9.78 Å². The van der Waals surface area contributed by atoms with Crippen LogP contribution in [0.25, 0.3) is 11.0 Å². The zero-order valence-corrected chi connectivity index (χ0v) is 19.6. The van der Waals surface area contributed by atoms with Crippen molar-refractivity contribution < 1.29 is 31.1 Å². The second kappa shape index (κ2) is 9.54. The lowest BCUT2D eigenvalue weighted by molar-refractivity contribution is -0.137. The first-order valence-corrected chi connectivity index (χ1v) is 11.7. The number of hydrogen-bond acceptors (Lipinski definition) is 8. The van der Waals surface area contributed by atoms with Crippen LogP contribution in [0.15, 0.2) is 59.6 Å². The summed E-state index contributed by atoms with van der Waals surface area (Å²) < 4.78 is 72.3. The fraction of sp³-hybridized carbons (Fsp3) is 0.0952. The fourth-order valence-corrected chi connectivity index (χ4v) is 4.41. The highest BCUT2D eigenvalue weighted by atomic mass is 35.5. The zero-order valence-electron chi connectivity index (χ0n) is 18.0. The Hall–Kier alpha value is -4.04. The average molecular weight is 539 g/mol. The Morgan fingerprint density at radius 3 is 2.47 bits per heavy atom. The van der Waals surface area contributed by atoms with Crippen molar-refractivity contribution in [2.45, 2.75) is 11.1 Å². The Kier molecular flexibility index (Phi) is 6.65. The number of anilines is 1. The number of amides is 1. The van der Waals surface area contributed by atoms with E-state index in [2.05, 4.69) is 25.5 Å². The Morgan fingerprint density at radius 2 is 1.75 bits per heavy atom. The molecular weight excluding hydrogens is 525 g/mol. The largest absolute Gasteiger partial charge is 0.457 e. The van der Waals surface area contributed by atoms with Gasteiger partial charge in [-0.2, -0.15) is 13.2 Å². The molecule has 0 unspecified atom stereocenters. The number of alkyl halides is 3. The van der Waals surface area contributed by atoms with E-state index >= 15 is 0 Å². The predicted octanol–water partition coefficient (Wildman–Crippen LogP) is 4.04. The zero-order chi connectivity index (χ0) is 26.1. The van der Waals surface area contributed by atoms with E-state index < -0.39 is 43.5 Å². The van der Waals surface area contributed by atoms with Crippen LogP contribution < -0.4 is 14.8 Å². The molecule has 2 aromatic heterocycles. The van der Waals surface area contributed by atoms with Crippen LogP contribution in [0.2, 0.25) is 5.02 Å². The van der Waals surface area contributed by atoms with Crippen molar-refractivity contribution in [2.75, 3.05) is 11.8 Å². The summed E-state index contributed by atoms with van der Waals surface area (Å²) in [6.07, 6.45) is -3.39. The Bertz CT molecular complexity index is 1580. The van der Waals surface area contributed by atoms with Gasteiger partial charge < -0.3 is 10.1 Å². The standard InChI is InChI=1S/C21H14ClF3N6O4S/c1-26-19(32)17-10-13(6-7-27-17)35-12-3-5-15-16(9-12)28-20(30-29-15)31-36(33,34)18-8-11(21(23,24)25)2-4-14(18)22/h2-10H,1H3,(H,26,32)(H,28,30,31). The van der Waals surface area contributed by atoms with Gasteiger partial charge in [0.15, 0.2) is 0 Å². The minimum atomic E-state index is -4.78. The van der Waals surface area contributed by atoms with Crippen molar-refractivity contribution in [1.29, 1.82) is 0 Å². The normalized spacial score (nSPS) is 11.8. The van der Waals surface area contributed by atoms with Crippen molar-refractivity contribution in [2.24, 2.45) is 0 Å². The molecule has 0 fully saturated rings. The maximum Gasteiger partial charge on any atom is 0.416 e. The summed E-state index contributed by atoms with van der Waals surface area (Å²) in [7, 11) is -3.13. The minimum absolute atomic E-state index is 0.129. The lowest BCUT2D eigenvalue weighted by atomic mass is 10.2. The van der Waals surface area contributed by atoms with Crippen LogP contribution in [0.1, 0.15) is 16.1 Å². The second-order valence-corrected chi connectivity index (χ2v) is 9.15. The molecule has 0 radical (unpaired) electrons. The topological polar surface area (TPSA) is 136 Å². The number of carbonyl (C=O) groups is 1. The summed E-state index contributed by atoms with van der Waals surface area (Å²) >= 11 is 5.84. The molecule has 0 atom stereocenters. The van der Waals surface area contributed by atoms with Gasteiger partial charge in [0.25, 0.3) is 21.9 Å². The molecule has 10 nitrogen and oxygen atoms in total. The van der Waals surface area contributed by atoms with Gasteiger partial charge in [-0.1, -0.05) is 11.6 Å². The number of carbonyl (C=O) groups excluding carboxylic acids is 1. The third-order valence-corrected chi connectivity index (χ3v) is 6.44. The van der Waals surface area contributed by atoms with E-state index in [1.165, 1.54) is 37.5 Å². The van der Waals surface area contributed by atoms with Crippen molar-refractivity contribution >= 4 is 44.5 Å². The van der Waals surface area contributed by atoms with Crippen LogP contribution in [-0.4, -0.2) is 41.5 Å². The van der Waals surface area contributed by atoms with Gasteiger partial charge in [-0.05, 0) is 36.4 Å². The highest BCUT2D eigenvalue weighted by molar-refractivity contribution is 7.92. The van der Waals surface area contributed by atoms with Gasteiger partial charge in [0.1, 0.15) is 27.6 Å². The summed E-state index contributed by atoms with van der Waals surface area (Å²) in [4.78, 5) is 19.0. The highest BCUT2D eigenvalue weighted by Crippen LogP contribution is 2.34. The molecule has 4 rings (SSSR count). The number of ether oxygens (including phenoxy) is 1. The molecule has 1 amide bonds. The van der Waals surface area contributed by atoms with E-state index in [-0.39, 0.29) is 22.5 Å². The van der Waals surface area contributed by atoms with E-state index in [0.29, 0.717) is 17.9 Å². The number of benzene rings is 2. The van der Waals surface area contributed by atoms with Crippen LogP contribution in [-0.2, 0) is 16.2 Å². The van der Waals surface area contributed by atoms with E-state index in [9.17, 15) is 26.4 Å². The average Bonchev–Trinajstić information content (AvgIpc) is 2.82. The number of nitrogens with zero attached hydrogens (tertiary/aromatic N) is 4. The summed E-state index contributed by atoms with van der Waals surface area (Å²) in [5, 5.41) is 9.55. The molecule has 2 N–H and O–H groups in total. The van der Waals surface area contributed by atoms with Crippen LogP contribution in [0, 0.1) is 0 Å². The molecule has 36 heavy (non-hydrogen) atoms. The molecule has 0 saturated carbocycles. The third-order valence-electron chi connectivity index (χ3n) is 4.63. The van der Waals surface area contributed by atoms with Crippen molar-refractivity contribution in [3.63, 3.8) is 0 Å². The maximum atomic E-state index is 13.0. The molecule has 2 heterocycles. The van der Waals surface area contributed by atoms with E-state index in [1.54, 1.807) is 6.07 Å². The van der Waals surface area contributed by atoms with Crippen LogP contribution >= 0.6 is 11.6 Å². The van der Waals surface area contributed by atoms with Crippen LogP contribution in [0.5, 0.6) is 11.5 Å². The first-order valence-electron chi connectivity index (χ1n) is 9.86. The lowest BCUT2D eigenvalue weighted by Gasteiger charge is -2.12. The quantitative estimate of drug-likeness (QED) is 0.375. The predicted molar refractivity (Wildman–Crippen MR) is 122 cm³/mol. The molecule has 0 saturated heterocycles. The van der Waals surface area contributed by atoms with Crippen molar-refractivity contribution in [1.82, 2.24) is 25.5 Å². The number of pyridine rings is 1. The summed E-state index contributed by atoms with van der Waals surface area (Å²) in [6.45, 7) is 0. The molecule has 0 aliphatic rings. The molecular formula is C21H14ClF3N6O4S. The summed E-state index contributed by atoms with van der Waals surface area (Å²) in [5.41, 5.74) is -0.619. The Labute approximate surface area is 206 Å². The van der Waals surface area contributed by atoms with Crippen LogP contribution in [0.3, 0.4) is 0 Å². The smallest absolute Gasteiger partial charge is 0.416 e. The number of aromatic nitrogens is 4. The first kappa shape index (κ1) is 25.1. The SMILES string of the molecule is CNC(=O)c1cc(Oc2ccc3nnc(NS(=O)(=O)c4cc(C(F)(F)F)ccc4Cl)nc3c2)ccn1. The number of sulfonamides is 1. The molecule has 0 bridgehead atoms. The molecule has 15 heteroatoms. The number of halogens is 4. The Balaban J connectivity index is 1.62. The minimum Gasteiger partial charge on any atom is -0.457 e. The van der Waals surface area contributed by atoms with Gasteiger partial charge >= 0.3 is 6.18 Å². The first-order chi connectivity index (χ1) is 17.0. The molecule has 0 aliphatic heterocycles. The third kappa shape index (κ3) is 5.44. The molecule has 0 spiro atoms. The number of hydrogen-bond donors (Lipinski definition) is 2. The van der Waals surface area contributed by atoms with E-state index in [1.807, 2.05) is 4.72 Å². The summed E-state index contributed by atoms with van der Waals surface area (Å²) in [5.74, 6) is -0.343. The lowest BCUT2D eigenvalue weighted by Crippen LogP contribution is -2.18. The van der Waals surface area contributed by atoms with Gasteiger partial charge in [-0.15, -0.1) is 10.2 Å². The second-order valence-electron chi connectivity index (χ2n) is 7.09. The van der Waals surface area contributed by atoms with Gasteiger partial charge in [0.2, 0.25) is 0 Å². The number of rotatable bonds is 6. The monoisotopic (exact) mass is 538 g/mol. The summed E-state index contributed by atoms with van der Waals surface area (Å²) in [6, 6.07) is 9.32. The molecule has 0 aliphatic carbocycles. The fourth-order valence-electron chi connectivity index (χ4n) is 2.95. The Morgan fingerprint density at radius 1 is 1.00 bits per heavy atom. The van der Waals surface area contributed by atoms with Crippen LogP contribution in [0.4, 0.5) is 19.1 Å². The van der Waals surface area contributed by atoms with Gasteiger partial charge in [0.05, 0.1) is 16.1 Å². The molecule has 186 valence electrons. The van der Waals surface area contributed by atoms with Gasteiger partial charge in [-0.25, -0.2) is 18.1 Å². The molecule has 2 aromatic carbocycles. The van der Waals surface area contributed by atoms with Gasteiger partial charge in [0, 0.05) is 25.4 Å². The van der Waals surface area contributed by atoms with Crippen molar-refractivity contribution in [3.8, 4) is 11.5 Å². The molecule has 4 aromatic rings. The highest BCUT2D eigenvalue weighted by Gasteiger charge is 2.33. The van der Waals surface area contributed by atoms with E-state index in [4.69, 9.17) is 16.3 Å². The number of fused-ring (bicyclic) bond motifs is 1.